The fourth-order valence-electron chi connectivity index (χ4n) is 3.65. The molecule has 2 N–H and O–H groups in total. The first-order chi connectivity index (χ1) is 11.6. The molecule has 1 amide bonds. The molecule has 1 aromatic rings. The van der Waals surface area contributed by atoms with Crippen LogP contribution in [0.5, 0.6) is 0 Å². The lowest BCUT2D eigenvalue weighted by molar-refractivity contribution is 0.0938. The zero-order valence-corrected chi connectivity index (χ0v) is 17.4. The van der Waals surface area contributed by atoms with Crippen molar-refractivity contribution in [3.05, 3.63) is 11.4 Å². The van der Waals surface area contributed by atoms with Crippen LogP contribution in [0.3, 0.4) is 0 Å². The van der Waals surface area contributed by atoms with Gasteiger partial charge in [-0.1, -0.05) is 12.1 Å². The van der Waals surface area contributed by atoms with Crippen molar-refractivity contribution in [1.29, 1.82) is 0 Å². The summed E-state index contributed by atoms with van der Waals surface area (Å²) in [6.45, 7) is 10.1. The van der Waals surface area contributed by atoms with E-state index in [1.807, 2.05) is 11.6 Å². The second kappa shape index (κ2) is 11.1. The third-order valence-corrected chi connectivity index (χ3v) is 5.39. The molecule has 0 bridgehead atoms. The average Bonchev–Trinajstić information content (AvgIpc) is 2.99. The number of rotatable bonds is 5. The second-order valence-electron chi connectivity index (χ2n) is 7.23. The number of nitrogens with one attached hydrogen (secondary N) is 2. The summed E-state index contributed by atoms with van der Waals surface area (Å²) in [5.41, 5.74) is 1.35. The van der Waals surface area contributed by atoms with Crippen molar-refractivity contribution < 1.29 is 4.79 Å². The van der Waals surface area contributed by atoms with Crippen molar-refractivity contribution in [2.45, 2.75) is 45.6 Å². The van der Waals surface area contributed by atoms with Crippen LogP contribution in [0.2, 0.25) is 0 Å². The number of nitrogens with zero attached hydrogens (tertiary/aromatic N) is 4. The minimum absolute atomic E-state index is 0. The van der Waals surface area contributed by atoms with Gasteiger partial charge in [0.05, 0.1) is 11.7 Å². The second-order valence-corrected chi connectivity index (χ2v) is 7.23. The summed E-state index contributed by atoms with van der Waals surface area (Å²) in [6.07, 6.45) is 4.60. The number of halogens is 2. The van der Waals surface area contributed by atoms with Crippen molar-refractivity contribution in [3.8, 4) is 0 Å². The van der Waals surface area contributed by atoms with E-state index in [-0.39, 0.29) is 30.7 Å². The van der Waals surface area contributed by atoms with Crippen LogP contribution in [0.4, 0.5) is 0 Å². The van der Waals surface area contributed by atoms with Crippen LogP contribution in [-0.4, -0.2) is 65.1 Å². The SMILES string of the molecule is Cc1c(C(=O)NCCN2CCC(C)CC2)nnn1C1CCNCC1.Cl.Cl. The van der Waals surface area contributed by atoms with Crippen molar-refractivity contribution in [2.24, 2.45) is 5.92 Å². The summed E-state index contributed by atoms with van der Waals surface area (Å²) in [7, 11) is 0. The van der Waals surface area contributed by atoms with E-state index in [1.165, 1.54) is 12.8 Å². The molecular formula is C17H32Cl2N6O. The molecule has 150 valence electrons. The molecule has 0 atom stereocenters. The van der Waals surface area contributed by atoms with E-state index in [2.05, 4.69) is 32.8 Å². The van der Waals surface area contributed by atoms with Gasteiger partial charge in [0.15, 0.2) is 5.69 Å². The fraction of sp³-hybridized carbons (Fsp3) is 0.824. The molecule has 3 heterocycles. The maximum Gasteiger partial charge on any atom is 0.273 e. The smallest absolute Gasteiger partial charge is 0.273 e. The monoisotopic (exact) mass is 406 g/mol. The summed E-state index contributed by atoms with van der Waals surface area (Å²) < 4.78 is 1.93. The van der Waals surface area contributed by atoms with Gasteiger partial charge in [0.1, 0.15) is 0 Å². The van der Waals surface area contributed by atoms with Gasteiger partial charge in [0, 0.05) is 13.1 Å². The molecule has 2 fully saturated rings. The first kappa shape index (κ1) is 23.1. The van der Waals surface area contributed by atoms with Gasteiger partial charge in [0.25, 0.3) is 5.91 Å². The number of aromatic nitrogens is 3. The van der Waals surface area contributed by atoms with Crippen LogP contribution in [-0.2, 0) is 0 Å². The zero-order valence-electron chi connectivity index (χ0n) is 15.7. The number of piperidine rings is 2. The average molecular weight is 407 g/mol. The van der Waals surface area contributed by atoms with Crippen molar-refractivity contribution >= 4 is 30.7 Å². The molecule has 2 aliphatic heterocycles. The van der Waals surface area contributed by atoms with Crippen LogP contribution >= 0.6 is 24.8 Å². The molecule has 9 heteroatoms. The first-order valence-electron chi connectivity index (χ1n) is 9.28. The van der Waals surface area contributed by atoms with E-state index in [0.717, 1.165) is 57.2 Å². The standard InChI is InChI=1S/C17H30N6O.2ClH/c1-13-5-10-22(11-6-13)12-9-19-17(24)16-14(2)23(21-20-16)15-3-7-18-8-4-15;;/h13,15,18H,3-12H2,1-2H3,(H,19,24);2*1H. The molecule has 0 unspecified atom stereocenters. The molecule has 0 aliphatic carbocycles. The number of hydrogen-bond donors (Lipinski definition) is 2. The van der Waals surface area contributed by atoms with E-state index in [4.69, 9.17) is 0 Å². The Balaban J connectivity index is 0.00000169. The third-order valence-electron chi connectivity index (χ3n) is 5.39. The Morgan fingerprint density at radius 2 is 1.85 bits per heavy atom. The quantitative estimate of drug-likeness (QED) is 0.779. The van der Waals surface area contributed by atoms with Crippen LogP contribution in [0, 0.1) is 12.8 Å². The number of hydrogen-bond acceptors (Lipinski definition) is 5. The van der Waals surface area contributed by atoms with Gasteiger partial charge in [-0.2, -0.15) is 0 Å². The minimum Gasteiger partial charge on any atom is -0.349 e. The molecular weight excluding hydrogens is 375 g/mol. The molecule has 0 saturated carbocycles. The Hall–Kier alpha value is -0.890. The van der Waals surface area contributed by atoms with Gasteiger partial charge in [-0.25, -0.2) is 4.68 Å². The lowest BCUT2D eigenvalue weighted by Crippen LogP contribution is -2.39. The molecule has 1 aromatic heterocycles. The topological polar surface area (TPSA) is 75.1 Å². The molecule has 3 rings (SSSR count). The lowest BCUT2D eigenvalue weighted by atomic mass is 9.99. The lowest BCUT2D eigenvalue weighted by Gasteiger charge is -2.30. The highest BCUT2D eigenvalue weighted by molar-refractivity contribution is 5.93. The Morgan fingerprint density at radius 1 is 1.19 bits per heavy atom. The molecule has 26 heavy (non-hydrogen) atoms. The van der Waals surface area contributed by atoms with E-state index >= 15 is 0 Å². The number of carbonyl (C=O) groups is 1. The van der Waals surface area contributed by atoms with Gasteiger partial charge in [0.2, 0.25) is 0 Å². The van der Waals surface area contributed by atoms with E-state index < -0.39 is 0 Å². The molecule has 7 nitrogen and oxygen atoms in total. The van der Waals surface area contributed by atoms with Gasteiger partial charge in [-0.15, -0.1) is 29.9 Å². The normalized spacial score (nSPS) is 19.5. The van der Waals surface area contributed by atoms with Gasteiger partial charge < -0.3 is 15.5 Å². The highest BCUT2D eigenvalue weighted by atomic mass is 35.5. The van der Waals surface area contributed by atoms with Crippen LogP contribution in [0.25, 0.3) is 0 Å². The molecule has 0 radical (unpaired) electrons. The van der Waals surface area contributed by atoms with Crippen LogP contribution < -0.4 is 10.6 Å². The van der Waals surface area contributed by atoms with Crippen LogP contribution in [0.15, 0.2) is 0 Å². The maximum absolute atomic E-state index is 12.4. The minimum atomic E-state index is -0.0990. The first-order valence-corrected chi connectivity index (χ1v) is 9.28. The Bertz CT molecular complexity index is 553. The molecule has 2 saturated heterocycles. The fourth-order valence-corrected chi connectivity index (χ4v) is 3.65. The summed E-state index contributed by atoms with van der Waals surface area (Å²) >= 11 is 0. The number of likely N-dealkylation sites (tertiary alicyclic amines) is 1. The Labute approximate surface area is 168 Å². The molecule has 0 spiro atoms. The highest BCUT2D eigenvalue weighted by Gasteiger charge is 2.23. The van der Waals surface area contributed by atoms with Crippen LogP contribution in [0.1, 0.15) is 54.8 Å². The predicted molar refractivity (Wildman–Crippen MR) is 108 cm³/mol. The highest BCUT2D eigenvalue weighted by Crippen LogP contribution is 2.20. The van der Waals surface area contributed by atoms with E-state index in [0.29, 0.717) is 18.3 Å². The molecule has 0 aromatic carbocycles. The van der Waals surface area contributed by atoms with Gasteiger partial charge in [-0.3, -0.25) is 4.79 Å². The zero-order chi connectivity index (χ0) is 16.9. The van der Waals surface area contributed by atoms with Gasteiger partial charge in [-0.05, 0) is 64.7 Å². The summed E-state index contributed by atoms with van der Waals surface area (Å²) in [5, 5.41) is 14.7. The van der Waals surface area contributed by atoms with E-state index in [9.17, 15) is 4.79 Å². The maximum atomic E-state index is 12.4. The number of amides is 1. The summed E-state index contributed by atoms with van der Waals surface area (Å²) in [6, 6.07) is 0.357. The Morgan fingerprint density at radius 3 is 2.50 bits per heavy atom. The van der Waals surface area contributed by atoms with Crippen molar-refractivity contribution in [1.82, 2.24) is 30.5 Å². The van der Waals surface area contributed by atoms with Crippen molar-refractivity contribution in [2.75, 3.05) is 39.3 Å². The largest absolute Gasteiger partial charge is 0.349 e. The summed E-state index contributed by atoms with van der Waals surface area (Å²) in [4.78, 5) is 14.8. The van der Waals surface area contributed by atoms with E-state index in [1.54, 1.807) is 0 Å². The third kappa shape index (κ3) is 5.81. The molecule has 2 aliphatic rings. The number of carbonyl (C=O) groups excluding carboxylic acids is 1. The van der Waals surface area contributed by atoms with Crippen molar-refractivity contribution in [3.63, 3.8) is 0 Å². The predicted octanol–water partition coefficient (Wildman–Crippen LogP) is 1.82. The Kier molecular flexibility index (Phi) is 9.85. The summed E-state index contributed by atoms with van der Waals surface area (Å²) in [5.74, 6) is 0.738. The van der Waals surface area contributed by atoms with Gasteiger partial charge >= 0.3 is 0 Å².